The monoisotopic (exact) mass is 389 g/mol. The summed E-state index contributed by atoms with van der Waals surface area (Å²) in [6.45, 7) is 7.84. The molecule has 1 aromatic rings. The summed E-state index contributed by atoms with van der Waals surface area (Å²) in [5.41, 5.74) is -0.141. The molecule has 150 valence electrons. The molecule has 9 heteroatoms. The molecule has 0 saturated carbocycles. The van der Waals surface area contributed by atoms with Crippen molar-refractivity contribution in [3.63, 3.8) is 0 Å². The summed E-state index contributed by atoms with van der Waals surface area (Å²) in [6.07, 6.45) is -1.30. The minimum absolute atomic E-state index is 0.205. The summed E-state index contributed by atoms with van der Waals surface area (Å²) >= 11 is 0. The second kappa shape index (κ2) is 7.79. The van der Waals surface area contributed by atoms with Crippen LogP contribution in [-0.2, 0) is 14.3 Å². The van der Waals surface area contributed by atoms with Crippen molar-refractivity contribution in [2.75, 3.05) is 0 Å². The number of amides is 5. The Morgan fingerprint density at radius 3 is 1.96 bits per heavy atom. The van der Waals surface area contributed by atoms with Crippen molar-refractivity contribution in [3.8, 4) is 0 Å². The molecule has 0 spiro atoms. The Kier molecular flexibility index (Phi) is 5.86. The maximum atomic E-state index is 12.4. The number of nitrogens with zero attached hydrogens (tertiary/aromatic N) is 1. The zero-order valence-electron chi connectivity index (χ0n) is 16.4. The molecule has 2 rings (SSSR count). The maximum Gasteiger partial charge on any atom is 0.329 e. The number of hydrogen-bond donors (Lipinski definition) is 2. The van der Waals surface area contributed by atoms with Crippen LogP contribution in [0.3, 0.4) is 0 Å². The fourth-order valence-corrected chi connectivity index (χ4v) is 2.58. The van der Waals surface area contributed by atoms with E-state index in [1.165, 1.54) is 26.0 Å². The first-order chi connectivity index (χ1) is 12.9. The predicted molar refractivity (Wildman–Crippen MR) is 98.4 cm³/mol. The lowest BCUT2D eigenvalue weighted by Gasteiger charge is -2.23. The Morgan fingerprint density at radius 2 is 1.50 bits per heavy atom. The van der Waals surface area contributed by atoms with E-state index >= 15 is 0 Å². The average molecular weight is 389 g/mol. The van der Waals surface area contributed by atoms with Gasteiger partial charge in [0.2, 0.25) is 0 Å². The van der Waals surface area contributed by atoms with Crippen LogP contribution in [0.5, 0.6) is 0 Å². The van der Waals surface area contributed by atoms with E-state index in [1.807, 2.05) is 0 Å². The van der Waals surface area contributed by atoms with Gasteiger partial charge in [0, 0.05) is 5.54 Å². The Labute approximate surface area is 162 Å². The van der Waals surface area contributed by atoms with E-state index < -0.39 is 47.4 Å². The third-order valence-corrected chi connectivity index (χ3v) is 3.94. The first-order valence-electron chi connectivity index (χ1n) is 8.73. The van der Waals surface area contributed by atoms with E-state index in [2.05, 4.69) is 10.6 Å². The van der Waals surface area contributed by atoms with Crippen LogP contribution in [0, 0.1) is 0 Å². The highest BCUT2D eigenvalue weighted by Gasteiger charge is 2.41. The summed E-state index contributed by atoms with van der Waals surface area (Å²) in [4.78, 5) is 61.7. The van der Waals surface area contributed by atoms with Gasteiger partial charge in [0.25, 0.3) is 17.7 Å². The molecular formula is C19H23N3O6. The molecule has 2 N–H and O–H groups in total. The highest BCUT2D eigenvalue weighted by atomic mass is 16.5. The zero-order valence-corrected chi connectivity index (χ0v) is 16.4. The molecule has 0 aromatic heterocycles. The third kappa shape index (κ3) is 4.54. The smallest absolute Gasteiger partial charge is 0.329 e. The zero-order chi connectivity index (χ0) is 21.2. The number of nitrogens with one attached hydrogen (secondary N) is 2. The van der Waals surface area contributed by atoms with Gasteiger partial charge < -0.3 is 10.1 Å². The van der Waals surface area contributed by atoms with E-state index in [9.17, 15) is 24.0 Å². The lowest BCUT2D eigenvalue weighted by Crippen LogP contribution is -2.51. The van der Waals surface area contributed by atoms with Crippen LogP contribution in [-0.4, -0.2) is 52.3 Å². The molecule has 1 heterocycles. The summed E-state index contributed by atoms with van der Waals surface area (Å²) < 4.78 is 5.04. The van der Waals surface area contributed by atoms with Crippen molar-refractivity contribution in [1.82, 2.24) is 15.5 Å². The summed E-state index contributed by atoms with van der Waals surface area (Å²) in [5.74, 6) is -2.98. The molecule has 0 saturated heterocycles. The number of esters is 1. The molecule has 28 heavy (non-hydrogen) atoms. The van der Waals surface area contributed by atoms with Crippen LogP contribution >= 0.6 is 0 Å². The number of rotatable bonds is 4. The lowest BCUT2D eigenvalue weighted by atomic mass is 10.1. The standard InChI is InChI=1S/C19H23N3O6/c1-10(22-15(24)12-8-6-7-9-13(12)16(22)25)17(26)28-11(2)14(23)20-18(27)21-19(3,4)5/h6-11H,1-5H3,(H2,20,21,23,27)/t10-,11-/m1/s1. The lowest BCUT2D eigenvalue weighted by molar-refractivity contribution is -0.157. The number of urea groups is 1. The molecule has 0 bridgehead atoms. The maximum absolute atomic E-state index is 12.4. The van der Waals surface area contributed by atoms with Gasteiger partial charge >= 0.3 is 12.0 Å². The second-order valence-electron chi connectivity index (χ2n) is 7.47. The number of hydrogen-bond acceptors (Lipinski definition) is 6. The van der Waals surface area contributed by atoms with Gasteiger partial charge in [-0.1, -0.05) is 12.1 Å². The number of ether oxygens (including phenoxy) is 1. The third-order valence-electron chi connectivity index (χ3n) is 3.94. The second-order valence-corrected chi connectivity index (χ2v) is 7.47. The Bertz CT molecular complexity index is 807. The van der Waals surface area contributed by atoms with Crippen LogP contribution < -0.4 is 10.6 Å². The van der Waals surface area contributed by atoms with Gasteiger partial charge in [0.1, 0.15) is 6.04 Å². The van der Waals surface area contributed by atoms with Crippen molar-refractivity contribution in [3.05, 3.63) is 35.4 Å². The Balaban J connectivity index is 1.99. The fourth-order valence-electron chi connectivity index (χ4n) is 2.58. The highest BCUT2D eigenvalue weighted by molar-refractivity contribution is 6.22. The molecule has 2 atom stereocenters. The molecule has 0 radical (unpaired) electrons. The van der Waals surface area contributed by atoms with Gasteiger partial charge in [0.15, 0.2) is 6.10 Å². The number of benzene rings is 1. The number of imide groups is 2. The molecule has 0 fully saturated rings. The Morgan fingerprint density at radius 1 is 1.00 bits per heavy atom. The van der Waals surface area contributed by atoms with Gasteiger partial charge in [-0.2, -0.15) is 0 Å². The SMILES string of the molecule is C[C@H](C(=O)O[C@H](C)C(=O)NC(=O)NC(C)(C)C)N1C(=O)c2ccccc2C1=O. The molecule has 0 aliphatic carbocycles. The number of fused-ring (bicyclic) bond motifs is 1. The molecule has 9 nitrogen and oxygen atoms in total. The molecule has 0 unspecified atom stereocenters. The van der Waals surface area contributed by atoms with Gasteiger partial charge in [-0.25, -0.2) is 9.59 Å². The molecule has 1 aliphatic heterocycles. The highest BCUT2D eigenvalue weighted by Crippen LogP contribution is 2.24. The van der Waals surface area contributed by atoms with E-state index in [0.29, 0.717) is 0 Å². The minimum Gasteiger partial charge on any atom is -0.451 e. The topological polar surface area (TPSA) is 122 Å². The van der Waals surface area contributed by atoms with Gasteiger partial charge in [-0.05, 0) is 46.8 Å². The van der Waals surface area contributed by atoms with Crippen molar-refractivity contribution in [1.29, 1.82) is 0 Å². The van der Waals surface area contributed by atoms with Crippen LogP contribution in [0.15, 0.2) is 24.3 Å². The average Bonchev–Trinajstić information content (AvgIpc) is 2.83. The fraction of sp³-hybridized carbons (Fsp3) is 0.421. The van der Waals surface area contributed by atoms with E-state index in [1.54, 1.807) is 32.9 Å². The molecular weight excluding hydrogens is 366 g/mol. The largest absolute Gasteiger partial charge is 0.451 e. The van der Waals surface area contributed by atoms with Crippen molar-refractivity contribution < 1.29 is 28.7 Å². The summed E-state index contributed by atoms with van der Waals surface area (Å²) in [7, 11) is 0. The molecule has 1 aliphatic rings. The normalized spacial score (nSPS) is 15.5. The van der Waals surface area contributed by atoms with Crippen molar-refractivity contribution in [2.45, 2.75) is 52.3 Å². The Hall–Kier alpha value is -3.23. The van der Waals surface area contributed by atoms with Crippen LogP contribution in [0.1, 0.15) is 55.3 Å². The van der Waals surface area contributed by atoms with E-state index in [-0.39, 0.29) is 11.1 Å². The molecule has 1 aromatic carbocycles. The quantitative estimate of drug-likeness (QED) is 0.590. The van der Waals surface area contributed by atoms with Gasteiger partial charge in [-0.15, -0.1) is 0 Å². The minimum atomic E-state index is -1.30. The van der Waals surface area contributed by atoms with E-state index in [0.717, 1.165) is 4.90 Å². The summed E-state index contributed by atoms with van der Waals surface area (Å²) in [6, 6.07) is 4.27. The summed E-state index contributed by atoms with van der Waals surface area (Å²) in [5, 5.41) is 4.61. The first-order valence-corrected chi connectivity index (χ1v) is 8.73. The van der Waals surface area contributed by atoms with Gasteiger partial charge in [0.05, 0.1) is 11.1 Å². The first kappa shape index (κ1) is 21.1. The van der Waals surface area contributed by atoms with Crippen LogP contribution in [0.25, 0.3) is 0 Å². The number of carbonyl (C=O) groups is 5. The predicted octanol–water partition coefficient (Wildman–Crippen LogP) is 1.23. The van der Waals surface area contributed by atoms with Gasteiger partial charge in [-0.3, -0.25) is 24.6 Å². The van der Waals surface area contributed by atoms with Crippen LogP contribution in [0.4, 0.5) is 4.79 Å². The molecule has 5 amide bonds. The van der Waals surface area contributed by atoms with Crippen LogP contribution in [0.2, 0.25) is 0 Å². The van der Waals surface area contributed by atoms with Crippen molar-refractivity contribution >= 4 is 29.7 Å². The van der Waals surface area contributed by atoms with Crippen molar-refractivity contribution in [2.24, 2.45) is 0 Å². The number of carbonyl (C=O) groups excluding carboxylic acids is 5. The van der Waals surface area contributed by atoms with E-state index in [4.69, 9.17) is 4.74 Å².